The molecule has 0 aliphatic carbocycles. The fourth-order valence-electron chi connectivity index (χ4n) is 3.42. The number of rotatable bonds is 5. The molecular formula is C20H31N3O2. The Bertz CT molecular complexity index is 574. The lowest BCUT2D eigenvalue weighted by atomic mass is 10.1. The van der Waals surface area contributed by atoms with E-state index in [0.29, 0.717) is 25.0 Å². The van der Waals surface area contributed by atoms with Crippen LogP contribution in [0.2, 0.25) is 0 Å². The molecule has 1 unspecified atom stereocenters. The quantitative estimate of drug-likeness (QED) is 0.658. The lowest BCUT2D eigenvalue weighted by Crippen LogP contribution is -2.38. The van der Waals surface area contributed by atoms with Crippen molar-refractivity contribution < 1.29 is 9.47 Å². The van der Waals surface area contributed by atoms with Gasteiger partial charge in [-0.1, -0.05) is 25.0 Å². The van der Waals surface area contributed by atoms with Crippen molar-refractivity contribution in [3.8, 4) is 5.75 Å². The van der Waals surface area contributed by atoms with Gasteiger partial charge >= 0.3 is 0 Å². The van der Waals surface area contributed by atoms with Gasteiger partial charge in [0.15, 0.2) is 5.96 Å². The molecule has 1 aromatic carbocycles. The van der Waals surface area contributed by atoms with Gasteiger partial charge in [0.2, 0.25) is 0 Å². The monoisotopic (exact) mass is 345 g/mol. The number of aliphatic imine (C=N–C) groups is 1. The first-order valence-electron chi connectivity index (χ1n) is 9.57. The van der Waals surface area contributed by atoms with Crippen LogP contribution >= 0.6 is 0 Å². The number of aryl methyl sites for hydroxylation is 1. The molecule has 2 aliphatic heterocycles. The predicted molar refractivity (Wildman–Crippen MR) is 101 cm³/mol. The third-order valence-corrected chi connectivity index (χ3v) is 5.06. The van der Waals surface area contributed by atoms with Crippen LogP contribution in [0.15, 0.2) is 23.2 Å². The number of hydrogen-bond donors (Lipinski definition) is 1. The largest absolute Gasteiger partial charge is 0.493 e. The summed E-state index contributed by atoms with van der Waals surface area (Å²) in [5, 5.41) is 0. The molecule has 0 bridgehead atoms. The Morgan fingerprint density at radius 3 is 2.80 bits per heavy atom. The average Bonchev–Trinajstić information content (AvgIpc) is 2.99. The van der Waals surface area contributed by atoms with Gasteiger partial charge in [0.25, 0.3) is 0 Å². The van der Waals surface area contributed by atoms with Crippen molar-refractivity contribution in [2.45, 2.75) is 45.6 Å². The van der Waals surface area contributed by atoms with Crippen LogP contribution in [0.4, 0.5) is 0 Å². The van der Waals surface area contributed by atoms with Gasteiger partial charge in [-0.15, -0.1) is 0 Å². The van der Waals surface area contributed by atoms with Crippen molar-refractivity contribution in [3.05, 3.63) is 29.3 Å². The first kappa shape index (κ1) is 18.1. The van der Waals surface area contributed by atoms with E-state index < -0.39 is 0 Å². The standard InChI is InChI=1S/C20H31N3O2/c1-16-6-7-18(19(12-16)25-15-17-8-11-24-14-17)13-22-20(21)23-9-4-2-3-5-10-23/h6-7,12,17H,2-5,8-11,13-15H2,1H3,(H2,21,22). The second-order valence-electron chi connectivity index (χ2n) is 7.23. The highest BCUT2D eigenvalue weighted by atomic mass is 16.5. The molecule has 0 amide bonds. The first-order valence-corrected chi connectivity index (χ1v) is 9.57. The summed E-state index contributed by atoms with van der Waals surface area (Å²) in [4.78, 5) is 6.87. The lowest BCUT2D eigenvalue weighted by molar-refractivity contribution is 0.166. The van der Waals surface area contributed by atoms with E-state index >= 15 is 0 Å². The summed E-state index contributed by atoms with van der Waals surface area (Å²) < 4.78 is 11.5. The molecule has 1 atom stereocenters. The zero-order valence-corrected chi connectivity index (χ0v) is 15.4. The van der Waals surface area contributed by atoms with Crippen LogP contribution in [0.25, 0.3) is 0 Å². The molecular weight excluding hydrogens is 314 g/mol. The second-order valence-corrected chi connectivity index (χ2v) is 7.23. The summed E-state index contributed by atoms with van der Waals surface area (Å²) in [6.07, 6.45) is 6.09. The summed E-state index contributed by atoms with van der Waals surface area (Å²) in [6, 6.07) is 6.32. The van der Waals surface area contributed by atoms with Gasteiger partial charge in [0.05, 0.1) is 19.8 Å². The molecule has 0 saturated carbocycles. The van der Waals surface area contributed by atoms with Crippen LogP contribution in [0.5, 0.6) is 5.75 Å². The molecule has 2 N–H and O–H groups in total. The molecule has 2 aliphatic rings. The average molecular weight is 345 g/mol. The minimum absolute atomic E-state index is 0.499. The van der Waals surface area contributed by atoms with E-state index in [2.05, 4.69) is 35.0 Å². The molecule has 5 heteroatoms. The van der Waals surface area contributed by atoms with Crippen LogP contribution in [0.1, 0.15) is 43.2 Å². The third-order valence-electron chi connectivity index (χ3n) is 5.06. The maximum atomic E-state index is 6.24. The van der Waals surface area contributed by atoms with Crippen LogP contribution in [0.3, 0.4) is 0 Å². The van der Waals surface area contributed by atoms with Crippen molar-refractivity contribution in [2.75, 3.05) is 32.9 Å². The van der Waals surface area contributed by atoms with Crippen LogP contribution in [0, 0.1) is 12.8 Å². The number of nitrogens with two attached hydrogens (primary N) is 1. The SMILES string of the molecule is Cc1ccc(CN=C(N)N2CCCCCC2)c(OCC2CCOC2)c1. The van der Waals surface area contributed by atoms with Crippen molar-refractivity contribution in [1.82, 2.24) is 4.90 Å². The van der Waals surface area contributed by atoms with Crippen molar-refractivity contribution in [2.24, 2.45) is 16.6 Å². The molecule has 0 radical (unpaired) electrons. The zero-order chi connectivity index (χ0) is 17.5. The molecule has 2 heterocycles. The second kappa shape index (κ2) is 9.09. The van der Waals surface area contributed by atoms with E-state index in [1.54, 1.807) is 0 Å². The zero-order valence-electron chi connectivity index (χ0n) is 15.4. The van der Waals surface area contributed by atoms with Crippen LogP contribution in [-0.4, -0.2) is 43.8 Å². The summed E-state index contributed by atoms with van der Waals surface area (Å²) in [7, 11) is 0. The van der Waals surface area contributed by atoms with E-state index in [-0.39, 0.29) is 0 Å². The minimum Gasteiger partial charge on any atom is -0.493 e. The Morgan fingerprint density at radius 2 is 2.08 bits per heavy atom. The Morgan fingerprint density at radius 1 is 1.28 bits per heavy atom. The van der Waals surface area contributed by atoms with Gasteiger partial charge in [0, 0.05) is 31.2 Å². The third kappa shape index (κ3) is 5.36. The first-order chi connectivity index (χ1) is 12.2. The van der Waals surface area contributed by atoms with E-state index in [4.69, 9.17) is 15.2 Å². The molecule has 5 nitrogen and oxygen atoms in total. The Hall–Kier alpha value is -1.75. The number of nitrogens with zero attached hydrogens (tertiary/aromatic N) is 2. The predicted octanol–water partition coefficient (Wildman–Crippen LogP) is 3.10. The van der Waals surface area contributed by atoms with Crippen LogP contribution in [-0.2, 0) is 11.3 Å². The molecule has 1 aromatic rings. The number of guanidine groups is 1. The number of likely N-dealkylation sites (tertiary alicyclic amines) is 1. The van der Waals surface area contributed by atoms with Crippen molar-refractivity contribution >= 4 is 5.96 Å². The molecule has 2 fully saturated rings. The molecule has 2 saturated heterocycles. The van der Waals surface area contributed by atoms with Gasteiger partial charge in [-0.2, -0.15) is 0 Å². The molecule has 3 rings (SSSR count). The summed E-state index contributed by atoms with van der Waals surface area (Å²) in [5.74, 6) is 2.09. The van der Waals surface area contributed by atoms with Crippen molar-refractivity contribution in [1.29, 1.82) is 0 Å². The highest BCUT2D eigenvalue weighted by Crippen LogP contribution is 2.23. The number of ether oxygens (including phenoxy) is 2. The highest BCUT2D eigenvalue weighted by molar-refractivity contribution is 5.78. The molecule has 25 heavy (non-hydrogen) atoms. The van der Waals surface area contributed by atoms with E-state index in [9.17, 15) is 0 Å². The maximum absolute atomic E-state index is 6.24. The summed E-state index contributed by atoms with van der Waals surface area (Å²) >= 11 is 0. The minimum atomic E-state index is 0.499. The highest BCUT2D eigenvalue weighted by Gasteiger charge is 2.17. The Balaban J connectivity index is 1.62. The lowest BCUT2D eigenvalue weighted by Gasteiger charge is -2.21. The van der Waals surface area contributed by atoms with Gasteiger partial charge in [-0.05, 0) is 37.8 Å². The number of hydrogen-bond acceptors (Lipinski definition) is 3. The van der Waals surface area contributed by atoms with E-state index in [1.165, 1.54) is 31.2 Å². The summed E-state index contributed by atoms with van der Waals surface area (Å²) in [5.41, 5.74) is 8.54. The van der Waals surface area contributed by atoms with Gasteiger partial charge in [0.1, 0.15) is 5.75 Å². The van der Waals surface area contributed by atoms with Crippen LogP contribution < -0.4 is 10.5 Å². The molecule has 0 aromatic heterocycles. The van der Waals surface area contributed by atoms with E-state index in [0.717, 1.165) is 44.0 Å². The smallest absolute Gasteiger partial charge is 0.191 e. The summed E-state index contributed by atoms with van der Waals surface area (Å²) in [6.45, 7) is 7.07. The van der Waals surface area contributed by atoms with Gasteiger partial charge < -0.3 is 20.1 Å². The van der Waals surface area contributed by atoms with Crippen molar-refractivity contribution in [3.63, 3.8) is 0 Å². The Kier molecular flexibility index (Phi) is 6.56. The number of benzene rings is 1. The molecule has 138 valence electrons. The van der Waals surface area contributed by atoms with Gasteiger partial charge in [-0.3, -0.25) is 0 Å². The maximum Gasteiger partial charge on any atom is 0.191 e. The molecule has 0 spiro atoms. The Labute approximate surface area is 151 Å². The fourth-order valence-corrected chi connectivity index (χ4v) is 3.42. The normalized spacial score (nSPS) is 22.0. The fraction of sp³-hybridized carbons (Fsp3) is 0.650. The van der Waals surface area contributed by atoms with E-state index in [1.807, 2.05) is 0 Å². The van der Waals surface area contributed by atoms with Gasteiger partial charge in [-0.25, -0.2) is 4.99 Å². The topological polar surface area (TPSA) is 60.1 Å².